The molecular weight excluding hydrogens is 240 g/mol. The Bertz CT molecular complexity index is 475. The molecule has 1 amide bonds. The number of nitrogens with zero attached hydrogens (tertiary/aromatic N) is 2. The van der Waals surface area contributed by atoms with Crippen molar-refractivity contribution in [3.05, 3.63) is 23.8 Å². The number of carbonyl (C=O) groups is 1. The first-order valence-electron chi connectivity index (χ1n) is 6.59. The van der Waals surface area contributed by atoms with Gasteiger partial charge in [0.15, 0.2) is 0 Å². The second-order valence-corrected chi connectivity index (χ2v) is 5.13. The molecule has 0 aliphatic carbocycles. The smallest absolute Gasteiger partial charge is 0.251 e. The quantitative estimate of drug-likeness (QED) is 0.773. The summed E-state index contributed by atoms with van der Waals surface area (Å²) in [7, 11) is 3.77. The first kappa shape index (κ1) is 13.7. The second-order valence-electron chi connectivity index (χ2n) is 5.13. The molecule has 2 rings (SSSR count). The van der Waals surface area contributed by atoms with Crippen LogP contribution in [0.1, 0.15) is 17.3 Å². The number of hydrogen-bond acceptors (Lipinski definition) is 4. The molecule has 1 heterocycles. The van der Waals surface area contributed by atoms with E-state index in [9.17, 15) is 4.79 Å². The van der Waals surface area contributed by atoms with Crippen molar-refractivity contribution in [2.24, 2.45) is 0 Å². The molecule has 0 radical (unpaired) electrons. The molecule has 0 bridgehead atoms. The van der Waals surface area contributed by atoms with Crippen LogP contribution in [0.2, 0.25) is 0 Å². The van der Waals surface area contributed by atoms with Gasteiger partial charge in [0.1, 0.15) is 0 Å². The number of hydrogen-bond donors (Lipinski definition) is 2. The lowest BCUT2D eigenvalue weighted by molar-refractivity contribution is 0.0963. The van der Waals surface area contributed by atoms with Crippen LogP contribution in [0.5, 0.6) is 0 Å². The van der Waals surface area contributed by atoms with Gasteiger partial charge in [0, 0.05) is 38.3 Å². The molecule has 1 aromatic rings. The number of nitrogen functional groups attached to an aromatic ring is 1. The first-order valence-corrected chi connectivity index (χ1v) is 6.59. The summed E-state index contributed by atoms with van der Waals surface area (Å²) in [5, 5.41) is 2.64. The van der Waals surface area contributed by atoms with Crippen LogP contribution in [0.15, 0.2) is 18.2 Å². The summed E-state index contributed by atoms with van der Waals surface area (Å²) in [6.45, 7) is 5.07. The van der Waals surface area contributed by atoms with E-state index in [1.54, 1.807) is 13.1 Å². The van der Waals surface area contributed by atoms with Gasteiger partial charge in [-0.1, -0.05) is 0 Å². The molecule has 0 spiro atoms. The van der Waals surface area contributed by atoms with Gasteiger partial charge in [-0.25, -0.2) is 0 Å². The Labute approximate surface area is 114 Å². The van der Waals surface area contributed by atoms with E-state index < -0.39 is 0 Å². The fourth-order valence-electron chi connectivity index (χ4n) is 2.37. The van der Waals surface area contributed by atoms with Crippen molar-refractivity contribution >= 4 is 17.3 Å². The highest BCUT2D eigenvalue weighted by atomic mass is 16.1. The van der Waals surface area contributed by atoms with Crippen molar-refractivity contribution in [3.8, 4) is 0 Å². The fourth-order valence-corrected chi connectivity index (χ4v) is 2.37. The summed E-state index contributed by atoms with van der Waals surface area (Å²) >= 11 is 0. The van der Waals surface area contributed by atoms with Gasteiger partial charge in [-0.05, 0) is 32.2 Å². The maximum absolute atomic E-state index is 11.7. The van der Waals surface area contributed by atoms with Crippen molar-refractivity contribution in [1.29, 1.82) is 0 Å². The van der Waals surface area contributed by atoms with Gasteiger partial charge in [-0.15, -0.1) is 0 Å². The predicted octanol–water partition coefficient (Wildman–Crippen LogP) is 0.769. The molecule has 1 aromatic carbocycles. The maximum atomic E-state index is 11.7. The van der Waals surface area contributed by atoms with E-state index in [4.69, 9.17) is 5.73 Å². The molecule has 1 saturated heterocycles. The van der Waals surface area contributed by atoms with Gasteiger partial charge in [0.2, 0.25) is 0 Å². The van der Waals surface area contributed by atoms with Crippen LogP contribution in [0.25, 0.3) is 0 Å². The minimum atomic E-state index is -0.0802. The minimum absolute atomic E-state index is 0.0802. The normalized spacial score (nSPS) is 20.4. The number of nitrogens with one attached hydrogen (secondary N) is 1. The number of anilines is 2. The summed E-state index contributed by atoms with van der Waals surface area (Å²) in [5.74, 6) is -0.0802. The molecule has 0 saturated carbocycles. The highest BCUT2D eigenvalue weighted by Gasteiger charge is 2.22. The van der Waals surface area contributed by atoms with Crippen LogP contribution in [-0.4, -0.2) is 50.6 Å². The fraction of sp³-hybridized carbons (Fsp3) is 0.500. The topological polar surface area (TPSA) is 61.6 Å². The van der Waals surface area contributed by atoms with E-state index in [1.807, 2.05) is 12.1 Å². The Morgan fingerprint density at radius 2 is 2.16 bits per heavy atom. The van der Waals surface area contributed by atoms with Gasteiger partial charge in [0.25, 0.3) is 5.91 Å². The summed E-state index contributed by atoms with van der Waals surface area (Å²) in [6.07, 6.45) is 0. The van der Waals surface area contributed by atoms with Crippen LogP contribution in [-0.2, 0) is 0 Å². The first-order chi connectivity index (χ1) is 9.02. The number of rotatable bonds is 2. The van der Waals surface area contributed by atoms with Crippen LogP contribution in [0.3, 0.4) is 0 Å². The average Bonchev–Trinajstić information content (AvgIpc) is 2.41. The molecule has 3 N–H and O–H groups in total. The van der Waals surface area contributed by atoms with Crippen molar-refractivity contribution < 1.29 is 4.79 Å². The molecule has 104 valence electrons. The molecule has 1 aliphatic rings. The Morgan fingerprint density at radius 3 is 2.79 bits per heavy atom. The Hall–Kier alpha value is -1.75. The summed E-state index contributed by atoms with van der Waals surface area (Å²) in [4.78, 5) is 16.3. The van der Waals surface area contributed by atoms with Crippen LogP contribution in [0, 0.1) is 0 Å². The third-order valence-corrected chi connectivity index (χ3v) is 3.82. The van der Waals surface area contributed by atoms with Gasteiger partial charge < -0.3 is 20.9 Å². The van der Waals surface area contributed by atoms with Gasteiger partial charge in [-0.3, -0.25) is 4.79 Å². The number of benzene rings is 1. The third-order valence-electron chi connectivity index (χ3n) is 3.82. The third kappa shape index (κ3) is 2.81. The van der Waals surface area contributed by atoms with E-state index in [1.165, 1.54) is 0 Å². The van der Waals surface area contributed by atoms with E-state index in [0.717, 1.165) is 31.0 Å². The Kier molecular flexibility index (Phi) is 3.95. The van der Waals surface area contributed by atoms with Crippen LogP contribution in [0.4, 0.5) is 11.4 Å². The van der Waals surface area contributed by atoms with E-state index >= 15 is 0 Å². The lowest BCUT2D eigenvalue weighted by Crippen LogP contribution is -2.50. The summed E-state index contributed by atoms with van der Waals surface area (Å²) in [6, 6.07) is 5.93. The van der Waals surface area contributed by atoms with Crippen LogP contribution >= 0.6 is 0 Å². The largest absolute Gasteiger partial charge is 0.397 e. The van der Waals surface area contributed by atoms with Crippen molar-refractivity contribution in [3.63, 3.8) is 0 Å². The molecule has 5 heteroatoms. The summed E-state index contributed by atoms with van der Waals surface area (Å²) < 4.78 is 0. The molecule has 1 fully saturated rings. The molecule has 1 unspecified atom stereocenters. The minimum Gasteiger partial charge on any atom is -0.397 e. The van der Waals surface area contributed by atoms with E-state index in [2.05, 4.69) is 29.1 Å². The number of carbonyl (C=O) groups excluding carboxylic acids is 1. The summed E-state index contributed by atoms with van der Waals surface area (Å²) in [5.41, 5.74) is 8.39. The second kappa shape index (κ2) is 5.48. The molecule has 1 atom stereocenters. The number of nitrogens with two attached hydrogens (primary N) is 1. The average molecular weight is 262 g/mol. The molecule has 1 aliphatic heterocycles. The van der Waals surface area contributed by atoms with Gasteiger partial charge in [0.05, 0.1) is 11.4 Å². The molecular formula is C14H22N4O. The number of piperazine rings is 1. The zero-order valence-electron chi connectivity index (χ0n) is 11.8. The van der Waals surface area contributed by atoms with Crippen molar-refractivity contribution in [2.45, 2.75) is 13.0 Å². The monoisotopic (exact) mass is 262 g/mol. The molecule has 19 heavy (non-hydrogen) atoms. The number of amides is 1. The Morgan fingerprint density at radius 1 is 1.42 bits per heavy atom. The van der Waals surface area contributed by atoms with E-state index in [0.29, 0.717) is 11.6 Å². The SMILES string of the molecule is CNC(=O)c1ccc(N)c(N2CCN(C)C(C)C2)c1. The predicted molar refractivity (Wildman–Crippen MR) is 78.5 cm³/mol. The highest BCUT2D eigenvalue weighted by molar-refractivity contribution is 5.96. The van der Waals surface area contributed by atoms with E-state index in [-0.39, 0.29) is 5.91 Å². The lowest BCUT2D eigenvalue weighted by atomic mass is 10.1. The maximum Gasteiger partial charge on any atom is 0.251 e. The zero-order valence-corrected chi connectivity index (χ0v) is 11.8. The van der Waals surface area contributed by atoms with Gasteiger partial charge in [-0.2, -0.15) is 0 Å². The zero-order chi connectivity index (χ0) is 14.0. The van der Waals surface area contributed by atoms with Crippen LogP contribution < -0.4 is 16.0 Å². The Balaban J connectivity index is 2.26. The van der Waals surface area contributed by atoms with Gasteiger partial charge >= 0.3 is 0 Å². The highest BCUT2D eigenvalue weighted by Crippen LogP contribution is 2.26. The van der Waals surface area contributed by atoms with Crippen molar-refractivity contribution in [1.82, 2.24) is 10.2 Å². The number of likely N-dealkylation sites (N-methyl/N-ethyl adjacent to an activating group) is 1. The lowest BCUT2D eigenvalue weighted by Gasteiger charge is -2.39. The van der Waals surface area contributed by atoms with Crippen molar-refractivity contribution in [2.75, 3.05) is 44.4 Å². The molecule has 5 nitrogen and oxygen atoms in total. The standard InChI is InChI=1S/C14H22N4O/c1-10-9-18(7-6-17(10)3)13-8-11(14(19)16-2)4-5-12(13)15/h4-5,8,10H,6-7,9,15H2,1-3H3,(H,16,19). The molecule has 0 aromatic heterocycles.